The molecule has 0 radical (unpaired) electrons. The molecule has 1 aliphatic rings. The molecule has 0 aliphatic carbocycles. The predicted octanol–water partition coefficient (Wildman–Crippen LogP) is 3.12. The largest absolute Gasteiger partial charge is 0.490 e. The van der Waals surface area contributed by atoms with E-state index in [9.17, 15) is 27.6 Å². The Kier molecular flexibility index (Phi) is 6.56. The van der Waals surface area contributed by atoms with Gasteiger partial charge in [-0.25, -0.2) is 4.79 Å². The van der Waals surface area contributed by atoms with Crippen molar-refractivity contribution in [1.29, 1.82) is 0 Å². The molecule has 0 saturated carbocycles. The van der Waals surface area contributed by atoms with Crippen LogP contribution in [0.4, 0.5) is 18.0 Å². The third-order valence-corrected chi connectivity index (χ3v) is 4.98. The number of rotatable bonds is 5. The lowest BCUT2D eigenvalue weighted by atomic mass is 10.0. The standard InChI is InChI=1S/C21H22F3N3O5/c1-20(2,18(29)21(22,23)24)32-19(30)26-10-5-15(6-11-26)31-16-7-12-27(17(28)13-16)14-3-8-25-9-4-14/h3-4,7-9,12-13,15H,5-6,10-11H2,1-2H3. The number of carbonyl (C=O) groups is 2. The maximum absolute atomic E-state index is 12.6. The highest BCUT2D eigenvalue weighted by Gasteiger charge is 2.50. The molecular formula is C21H22F3N3O5. The maximum Gasteiger partial charge on any atom is 0.454 e. The van der Waals surface area contributed by atoms with Crippen LogP contribution in [0.15, 0.2) is 47.7 Å². The fourth-order valence-electron chi connectivity index (χ4n) is 3.27. The third-order valence-electron chi connectivity index (χ3n) is 4.98. The topological polar surface area (TPSA) is 90.7 Å². The Morgan fingerprint density at radius 3 is 2.28 bits per heavy atom. The highest BCUT2D eigenvalue weighted by molar-refractivity contribution is 5.93. The van der Waals surface area contributed by atoms with Crippen molar-refractivity contribution in [3.8, 4) is 11.4 Å². The van der Waals surface area contributed by atoms with Gasteiger partial charge in [0.1, 0.15) is 11.9 Å². The zero-order valence-corrected chi connectivity index (χ0v) is 17.5. The number of alkyl halides is 3. The van der Waals surface area contributed by atoms with Gasteiger partial charge in [-0.1, -0.05) is 0 Å². The van der Waals surface area contributed by atoms with Gasteiger partial charge in [0, 0.05) is 50.6 Å². The van der Waals surface area contributed by atoms with Gasteiger partial charge in [0.15, 0.2) is 5.60 Å². The van der Waals surface area contributed by atoms with Crippen LogP contribution in [0.25, 0.3) is 5.69 Å². The predicted molar refractivity (Wildman–Crippen MR) is 107 cm³/mol. The minimum Gasteiger partial charge on any atom is -0.490 e. The zero-order valence-electron chi connectivity index (χ0n) is 17.5. The van der Waals surface area contributed by atoms with Gasteiger partial charge in [0.05, 0.1) is 5.69 Å². The second-order valence-corrected chi connectivity index (χ2v) is 7.79. The van der Waals surface area contributed by atoms with E-state index in [0.717, 1.165) is 13.8 Å². The SMILES string of the molecule is CC(C)(OC(=O)N1CCC(Oc2ccn(-c3ccncc3)c(=O)c2)CC1)C(=O)C(F)(F)F. The summed E-state index contributed by atoms with van der Waals surface area (Å²) in [5.74, 6) is -1.75. The number of halogens is 3. The van der Waals surface area contributed by atoms with Gasteiger partial charge >= 0.3 is 12.3 Å². The average Bonchev–Trinajstić information content (AvgIpc) is 2.73. The highest BCUT2D eigenvalue weighted by atomic mass is 19.4. The number of ketones is 1. The molecule has 11 heteroatoms. The lowest BCUT2D eigenvalue weighted by molar-refractivity contribution is -0.187. The van der Waals surface area contributed by atoms with Crippen LogP contribution in [0.1, 0.15) is 26.7 Å². The first-order valence-electron chi connectivity index (χ1n) is 9.87. The van der Waals surface area contributed by atoms with Crippen LogP contribution in [0.5, 0.6) is 5.75 Å². The van der Waals surface area contributed by atoms with Crippen LogP contribution in [0.2, 0.25) is 0 Å². The second-order valence-electron chi connectivity index (χ2n) is 7.79. The van der Waals surface area contributed by atoms with E-state index >= 15 is 0 Å². The first kappa shape index (κ1) is 23.3. The Labute approximate surface area is 181 Å². The summed E-state index contributed by atoms with van der Waals surface area (Å²) in [7, 11) is 0. The van der Waals surface area contributed by atoms with E-state index in [1.54, 1.807) is 36.8 Å². The molecule has 8 nitrogen and oxygen atoms in total. The van der Waals surface area contributed by atoms with Gasteiger partial charge in [-0.3, -0.25) is 19.1 Å². The summed E-state index contributed by atoms with van der Waals surface area (Å²) in [5, 5.41) is 0. The Morgan fingerprint density at radius 1 is 1.09 bits per heavy atom. The molecule has 0 spiro atoms. The van der Waals surface area contributed by atoms with Crippen LogP contribution < -0.4 is 10.3 Å². The first-order valence-corrected chi connectivity index (χ1v) is 9.87. The number of carbonyl (C=O) groups excluding carboxylic acids is 2. The molecule has 172 valence electrons. The van der Waals surface area contributed by atoms with E-state index in [1.807, 2.05) is 0 Å². The fraction of sp³-hybridized carbons (Fsp3) is 0.429. The van der Waals surface area contributed by atoms with Gasteiger partial charge in [0.25, 0.3) is 11.3 Å². The molecule has 2 aromatic heterocycles. The lowest BCUT2D eigenvalue weighted by Gasteiger charge is -2.34. The average molecular weight is 453 g/mol. The van der Waals surface area contributed by atoms with Crippen LogP contribution >= 0.6 is 0 Å². The number of amides is 1. The number of piperidine rings is 1. The van der Waals surface area contributed by atoms with Crippen molar-refractivity contribution in [3.05, 3.63) is 53.2 Å². The number of aromatic nitrogens is 2. The molecular weight excluding hydrogens is 431 g/mol. The smallest absolute Gasteiger partial charge is 0.454 e. The molecule has 1 aliphatic heterocycles. The van der Waals surface area contributed by atoms with Crippen molar-refractivity contribution in [1.82, 2.24) is 14.5 Å². The molecule has 3 rings (SSSR count). The summed E-state index contributed by atoms with van der Waals surface area (Å²) >= 11 is 0. The van der Waals surface area contributed by atoms with Crippen LogP contribution in [0.3, 0.4) is 0 Å². The second kappa shape index (κ2) is 9.01. The van der Waals surface area contributed by atoms with E-state index in [-0.39, 0.29) is 24.8 Å². The number of likely N-dealkylation sites (tertiary alicyclic amines) is 1. The normalized spacial score (nSPS) is 15.3. The van der Waals surface area contributed by atoms with Crippen molar-refractivity contribution in [2.24, 2.45) is 0 Å². The number of pyridine rings is 2. The van der Waals surface area contributed by atoms with E-state index in [1.165, 1.54) is 15.5 Å². The first-order chi connectivity index (χ1) is 15.0. The summed E-state index contributed by atoms with van der Waals surface area (Å²) in [6.45, 7) is 2.16. The fourth-order valence-corrected chi connectivity index (χ4v) is 3.27. The minimum atomic E-state index is -5.10. The molecule has 2 aromatic rings. The van der Waals surface area contributed by atoms with Gasteiger partial charge in [-0.2, -0.15) is 13.2 Å². The van der Waals surface area contributed by atoms with Gasteiger partial charge in [-0.15, -0.1) is 0 Å². The van der Waals surface area contributed by atoms with Gasteiger partial charge in [-0.05, 0) is 32.0 Å². The summed E-state index contributed by atoms with van der Waals surface area (Å²) in [6, 6.07) is 6.39. The molecule has 0 unspecified atom stereocenters. The molecule has 1 fully saturated rings. The van der Waals surface area contributed by atoms with Crippen molar-refractivity contribution in [2.75, 3.05) is 13.1 Å². The molecule has 0 N–H and O–H groups in total. The lowest BCUT2D eigenvalue weighted by Crippen LogP contribution is -2.50. The number of nitrogens with zero attached hydrogens (tertiary/aromatic N) is 3. The van der Waals surface area contributed by atoms with Crippen molar-refractivity contribution < 1.29 is 32.2 Å². The van der Waals surface area contributed by atoms with E-state index in [2.05, 4.69) is 4.98 Å². The molecule has 3 heterocycles. The van der Waals surface area contributed by atoms with E-state index in [0.29, 0.717) is 24.3 Å². The number of hydrogen-bond acceptors (Lipinski definition) is 6. The quantitative estimate of drug-likeness (QED) is 0.691. The Bertz CT molecular complexity index is 1030. The van der Waals surface area contributed by atoms with Gasteiger partial charge in [0.2, 0.25) is 0 Å². The molecule has 1 saturated heterocycles. The van der Waals surface area contributed by atoms with Gasteiger partial charge < -0.3 is 14.4 Å². The Morgan fingerprint density at radius 2 is 1.72 bits per heavy atom. The number of hydrogen-bond donors (Lipinski definition) is 0. The minimum absolute atomic E-state index is 0.174. The van der Waals surface area contributed by atoms with Crippen LogP contribution in [-0.2, 0) is 9.53 Å². The summed E-state index contributed by atoms with van der Waals surface area (Å²) in [5.41, 5.74) is -1.94. The van der Waals surface area contributed by atoms with E-state index in [4.69, 9.17) is 9.47 Å². The third kappa shape index (κ3) is 5.45. The molecule has 0 atom stereocenters. The molecule has 0 aromatic carbocycles. The van der Waals surface area contributed by atoms with Crippen molar-refractivity contribution in [3.63, 3.8) is 0 Å². The molecule has 1 amide bonds. The van der Waals surface area contributed by atoms with E-state index < -0.39 is 23.7 Å². The molecule has 32 heavy (non-hydrogen) atoms. The van der Waals surface area contributed by atoms with Crippen molar-refractivity contribution in [2.45, 2.75) is 44.6 Å². The zero-order chi connectivity index (χ0) is 23.5. The van der Waals surface area contributed by atoms with Crippen LogP contribution in [0, 0.1) is 0 Å². The Hall–Kier alpha value is -3.37. The Balaban J connectivity index is 1.55. The highest BCUT2D eigenvalue weighted by Crippen LogP contribution is 2.27. The number of Topliss-reactive ketones (excluding diaryl/α,β-unsaturated/α-hetero) is 1. The number of ether oxygens (including phenoxy) is 2. The monoisotopic (exact) mass is 453 g/mol. The van der Waals surface area contributed by atoms with Crippen molar-refractivity contribution >= 4 is 11.9 Å². The van der Waals surface area contributed by atoms with Crippen LogP contribution in [-0.4, -0.2) is 57.3 Å². The summed E-state index contributed by atoms with van der Waals surface area (Å²) in [6.07, 6.45) is -0.885. The summed E-state index contributed by atoms with van der Waals surface area (Å²) < 4.78 is 50.0. The maximum atomic E-state index is 12.6. The summed E-state index contributed by atoms with van der Waals surface area (Å²) in [4.78, 5) is 41.2. The molecule has 0 bridgehead atoms.